The Hall–Kier alpha value is -4.54. The average Bonchev–Trinajstić information content (AvgIpc) is 3.31. The second-order valence-corrected chi connectivity index (χ2v) is 8.71. The predicted molar refractivity (Wildman–Crippen MR) is 145 cm³/mol. The Balaban J connectivity index is 1.35. The number of anilines is 1. The first-order chi connectivity index (χ1) is 17.8. The number of benzene rings is 4. The number of aromatic nitrogens is 1. The van der Waals surface area contributed by atoms with E-state index in [1.54, 1.807) is 18.2 Å². The normalized spacial score (nSPS) is 10.9. The number of halogens is 1. The minimum atomic E-state index is -0.625. The second kappa shape index (κ2) is 9.84. The van der Waals surface area contributed by atoms with Crippen molar-refractivity contribution in [1.82, 2.24) is 10.3 Å². The van der Waals surface area contributed by atoms with Crippen LogP contribution in [-0.2, 0) is 0 Å². The largest absolute Gasteiger partial charge is 0.490 e. The molecule has 5 rings (SSSR count). The molecule has 184 valence electrons. The fraction of sp³-hybridized carbons (Fsp3) is 0.0385. The Kier molecular flexibility index (Phi) is 6.43. The monoisotopic (exact) mass is 532 g/mol. The van der Waals surface area contributed by atoms with Crippen molar-refractivity contribution in [2.75, 3.05) is 12.4 Å². The molecule has 1 amide bonds. The van der Waals surface area contributed by atoms with Crippen LogP contribution in [0.25, 0.3) is 33.3 Å². The van der Waals surface area contributed by atoms with Gasteiger partial charge in [-0.3, -0.25) is 20.2 Å². The number of nitrogens with zero attached hydrogens (tertiary/aromatic N) is 2. The van der Waals surface area contributed by atoms with Gasteiger partial charge in [-0.15, -0.1) is 0 Å². The maximum Gasteiger partial charge on any atom is 0.311 e. The van der Waals surface area contributed by atoms with Gasteiger partial charge in [-0.2, -0.15) is 0 Å². The third-order valence-corrected chi connectivity index (χ3v) is 6.14. The van der Waals surface area contributed by atoms with Crippen LogP contribution >= 0.6 is 23.8 Å². The third kappa shape index (κ3) is 4.80. The molecule has 1 heterocycles. The van der Waals surface area contributed by atoms with Gasteiger partial charge >= 0.3 is 5.69 Å². The molecule has 0 aliphatic carbocycles. The summed E-state index contributed by atoms with van der Waals surface area (Å²) in [6.45, 7) is 0. The summed E-state index contributed by atoms with van der Waals surface area (Å²) in [5.74, 6) is -0.117. The van der Waals surface area contributed by atoms with Gasteiger partial charge in [0.2, 0.25) is 5.89 Å². The van der Waals surface area contributed by atoms with Crippen LogP contribution in [0.4, 0.5) is 11.4 Å². The van der Waals surface area contributed by atoms with Gasteiger partial charge in [0.15, 0.2) is 16.4 Å². The van der Waals surface area contributed by atoms with E-state index in [4.69, 9.17) is 33.0 Å². The summed E-state index contributed by atoms with van der Waals surface area (Å²) < 4.78 is 10.9. The summed E-state index contributed by atoms with van der Waals surface area (Å²) in [4.78, 5) is 27.8. The zero-order chi connectivity index (χ0) is 26.1. The van der Waals surface area contributed by atoms with E-state index in [1.165, 1.54) is 19.2 Å². The molecule has 0 saturated heterocycles. The first-order valence-corrected chi connectivity index (χ1v) is 11.7. The molecule has 0 spiro atoms. The van der Waals surface area contributed by atoms with Crippen molar-refractivity contribution in [2.24, 2.45) is 0 Å². The topological polar surface area (TPSA) is 120 Å². The van der Waals surface area contributed by atoms with E-state index >= 15 is 0 Å². The predicted octanol–water partition coefficient (Wildman–Crippen LogP) is 6.35. The van der Waals surface area contributed by atoms with Crippen molar-refractivity contribution in [1.29, 1.82) is 0 Å². The van der Waals surface area contributed by atoms with Crippen LogP contribution < -0.4 is 15.4 Å². The van der Waals surface area contributed by atoms with Crippen molar-refractivity contribution in [3.8, 4) is 17.2 Å². The van der Waals surface area contributed by atoms with Crippen molar-refractivity contribution < 1.29 is 18.9 Å². The van der Waals surface area contributed by atoms with Crippen molar-refractivity contribution in [2.45, 2.75) is 0 Å². The van der Waals surface area contributed by atoms with Crippen molar-refractivity contribution in [3.05, 3.63) is 93.5 Å². The number of methoxy groups -OCH3 is 1. The Morgan fingerprint density at radius 2 is 1.86 bits per heavy atom. The van der Waals surface area contributed by atoms with Crippen LogP contribution in [0, 0.1) is 10.1 Å². The standard InChI is InChI=1S/C26H17ClN4O5S/c1-35-23-10-8-14(12-21(23)31(33)34)24(32)30-26(37)28-15-9-11-22-20(13-15)29-25(36-22)18-6-2-5-17-16(18)4-3-7-19(17)27/h2-13H,1H3,(H2,28,30,32,37). The summed E-state index contributed by atoms with van der Waals surface area (Å²) in [5, 5.41) is 19.1. The molecule has 5 aromatic rings. The van der Waals surface area contributed by atoms with Crippen LogP contribution in [0.15, 0.2) is 77.2 Å². The lowest BCUT2D eigenvalue weighted by Crippen LogP contribution is -2.34. The number of oxazole rings is 1. The molecule has 37 heavy (non-hydrogen) atoms. The molecule has 0 aliphatic heterocycles. The quantitative estimate of drug-likeness (QED) is 0.153. The minimum Gasteiger partial charge on any atom is -0.490 e. The Labute approximate surface area is 220 Å². The molecule has 0 saturated carbocycles. The fourth-order valence-electron chi connectivity index (χ4n) is 3.89. The highest BCUT2D eigenvalue weighted by Gasteiger charge is 2.19. The molecule has 0 unspecified atom stereocenters. The molecule has 0 aliphatic rings. The van der Waals surface area contributed by atoms with E-state index in [1.807, 2.05) is 36.4 Å². The summed E-state index contributed by atoms with van der Waals surface area (Å²) >= 11 is 11.6. The van der Waals surface area contributed by atoms with Gasteiger partial charge in [-0.1, -0.05) is 35.9 Å². The molecule has 4 aromatic carbocycles. The van der Waals surface area contributed by atoms with E-state index in [-0.39, 0.29) is 22.1 Å². The van der Waals surface area contributed by atoms with Gasteiger partial charge < -0.3 is 14.5 Å². The molecule has 1 aromatic heterocycles. The average molecular weight is 533 g/mol. The maximum atomic E-state index is 12.6. The minimum absolute atomic E-state index is 0.00948. The fourth-order valence-corrected chi connectivity index (χ4v) is 4.34. The number of rotatable bonds is 5. The molecule has 9 nitrogen and oxygen atoms in total. The number of thiocarbonyl (C=S) groups is 1. The van der Waals surface area contributed by atoms with Crippen LogP contribution in [0.3, 0.4) is 0 Å². The highest BCUT2D eigenvalue weighted by atomic mass is 35.5. The molecule has 0 fully saturated rings. The number of carbonyl (C=O) groups is 1. The lowest BCUT2D eigenvalue weighted by molar-refractivity contribution is -0.385. The Morgan fingerprint density at radius 3 is 2.65 bits per heavy atom. The first kappa shape index (κ1) is 24.2. The van der Waals surface area contributed by atoms with Gasteiger partial charge in [0.05, 0.1) is 12.0 Å². The van der Waals surface area contributed by atoms with Crippen LogP contribution in [0.5, 0.6) is 5.75 Å². The second-order valence-electron chi connectivity index (χ2n) is 7.89. The molecule has 0 bridgehead atoms. The Bertz CT molecular complexity index is 1720. The number of nitrogens with one attached hydrogen (secondary N) is 2. The molecule has 0 radical (unpaired) electrons. The van der Waals surface area contributed by atoms with E-state index in [0.717, 1.165) is 22.4 Å². The number of nitro groups is 1. The molecular weight excluding hydrogens is 516 g/mol. The van der Waals surface area contributed by atoms with E-state index in [2.05, 4.69) is 15.6 Å². The maximum absolute atomic E-state index is 12.6. The zero-order valence-electron chi connectivity index (χ0n) is 19.2. The van der Waals surface area contributed by atoms with E-state index < -0.39 is 10.8 Å². The number of fused-ring (bicyclic) bond motifs is 2. The molecular formula is C26H17ClN4O5S. The van der Waals surface area contributed by atoms with Gasteiger partial charge in [-0.05, 0) is 60.1 Å². The number of carbonyl (C=O) groups excluding carboxylic acids is 1. The van der Waals surface area contributed by atoms with Gasteiger partial charge in [-0.25, -0.2) is 4.98 Å². The lowest BCUT2D eigenvalue weighted by atomic mass is 10.0. The van der Waals surface area contributed by atoms with Gasteiger partial charge in [0.1, 0.15) is 5.52 Å². The SMILES string of the molecule is COc1ccc(C(=O)NC(=S)Nc2ccc3oc(-c4cccc5c(Cl)cccc45)nc3c2)cc1[N+](=O)[O-]. The number of ether oxygens (including phenoxy) is 1. The Morgan fingerprint density at radius 1 is 1.08 bits per heavy atom. The summed E-state index contributed by atoms with van der Waals surface area (Å²) in [6, 6.07) is 20.5. The lowest BCUT2D eigenvalue weighted by Gasteiger charge is -2.10. The summed E-state index contributed by atoms with van der Waals surface area (Å²) in [6.07, 6.45) is 0. The van der Waals surface area contributed by atoms with Gasteiger partial charge in [0.25, 0.3) is 5.91 Å². The number of hydrogen-bond acceptors (Lipinski definition) is 7. The highest BCUT2D eigenvalue weighted by Crippen LogP contribution is 2.34. The van der Waals surface area contributed by atoms with Crippen LogP contribution in [0.1, 0.15) is 10.4 Å². The summed E-state index contributed by atoms with van der Waals surface area (Å²) in [7, 11) is 1.31. The van der Waals surface area contributed by atoms with Crippen molar-refractivity contribution in [3.63, 3.8) is 0 Å². The zero-order valence-corrected chi connectivity index (χ0v) is 20.7. The smallest absolute Gasteiger partial charge is 0.311 e. The number of hydrogen-bond donors (Lipinski definition) is 2. The molecule has 11 heteroatoms. The molecule has 2 N–H and O–H groups in total. The molecule has 0 atom stereocenters. The van der Waals surface area contributed by atoms with Crippen molar-refractivity contribution >= 4 is 68.1 Å². The third-order valence-electron chi connectivity index (χ3n) is 5.61. The highest BCUT2D eigenvalue weighted by molar-refractivity contribution is 7.80. The number of amides is 1. The van der Waals surface area contributed by atoms with Gasteiger partial charge in [0, 0.05) is 33.3 Å². The number of nitro benzene ring substituents is 1. The van der Waals surface area contributed by atoms with Crippen LogP contribution in [0.2, 0.25) is 5.02 Å². The van der Waals surface area contributed by atoms with E-state index in [9.17, 15) is 14.9 Å². The first-order valence-electron chi connectivity index (χ1n) is 10.9. The summed E-state index contributed by atoms with van der Waals surface area (Å²) in [5.41, 5.74) is 2.26. The van der Waals surface area contributed by atoms with E-state index in [0.29, 0.717) is 27.7 Å². The van der Waals surface area contributed by atoms with Crippen LogP contribution in [-0.4, -0.2) is 28.0 Å².